The predicted octanol–water partition coefficient (Wildman–Crippen LogP) is 2.37. The Hall–Kier alpha value is -2.15. The second kappa shape index (κ2) is 5.46. The molecule has 0 aliphatic carbocycles. The summed E-state index contributed by atoms with van der Waals surface area (Å²) >= 11 is 0. The molecule has 2 aromatic rings. The summed E-state index contributed by atoms with van der Waals surface area (Å²) in [5, 5.41) is 2.80. The molecule has 1 aromatic carbocycles. The molecule has 5 nitrogen and oxygen atoms in total. The van der Waals surface area contributed by atoms with Gasteiger partial charge >= 0.3 is 0 Å². The zero-order valence-electron chi connectivity index (χ0n) is 11.0. The average Bonchev–Trinajstić information content (AvgIpc) is 2.42. The van der Waals surface area contributed by atoms with E-state index in [4.69, 9.17) is 0 Å². The third kappa shape index (κ3) is 3.05. The minimum Gasteiger partial charge on any atom is -0.373 e. The van der Waals surface area contributed by atoms with E-state index in [1.54, 1.807) is 20.0 Å². The van der Waals surface area contributed by atoms with Crippen molar-refractivity contribution in [1.29, 1.82) is 0 Å². The molecule has 0 fully saturated rings. The maximum atomic E-state index is 13.0. The Morgan fingerprint density at radius 3 is 2.50 bits per heavy atom. The first-order valence-electron chi connectivity index (χ1n) is 5.85. The number of rotatable bonds is 4. The van der Waals surface area contributed by atoms with Gasteiger partial charge in [-0.25, -0.2) is 17.8 Å². The molecular formula is C13H14FN3O2S. The van der Waals surface area contributed by atoms with Gasteiger partial charge in [0.05, 0.1) is 5.69 Å². The minimum atomic E-state index is -3.74. The predicted molar refractivity (Wildman–Crippen MR) is 75.7 cm³/mol. The Balaban J connectivity index is 2.30. The summed E-state index contributed by atoms with van der Waals surface area (Å²) < 4.78 is 39.8. The summed E-state index contributed by atoms with van der Waals surface area (Å²) in [7, 11) is -2.05. The maximum absolute atomic E-state index is 13.0. The SMILES string of the molecule is CNc1ccc(S(=O)(=O)Nc2ccc(F)cc2C)cn1. The molecule has 0 aliphatic rings. The third-order valence-electron chi connectivity index (χ3n) is 2.74. The Kier molecular flexibility index (Phi) is 3.89. The van der Waals surface area contributed by atoms with Gasteiger partial charge in [-0.15, -0.1) is 0 Å². The zero-order valence-corrected chi connectivity index (χ0v) is 11.8. The molecule has 0 saturated heterocycles. The van der Waals surface area contributed by atoms with Crippen LogP contribution in [0, 0.1) is 12.7 Å². The van der Waals surface area contributed by atoms with E-state index in [1.165, 1.54) is 30.5 Å². The molecule has 7 heteroatoms. The summed E-state index contributed by atoms with van der Waals surface area (Å²) in [5.41, 5.74) is 0.845. The molecule has 1 heterocycles. The number of aryl methyl sites for hydroxylation is 1. The van der Waals surface area contributed by atoms with Crippen molar-refractivity contribution in [3.8, 4) is 0 Å². The lowest BCUT2D eigenvalue weighted by molar-refractivity contribution is 0.600. The van der Waals surface area contributed by atoms with Crippen LogP contribution in [0.4, 0.5) is 15.9 Å². The summed E-state index contributed by atoms with van der Waals surface area (Å²) in [6, 6.07) is 6.86. The highest BCUT2D eigenvalue weighted by molar-refractivity contribution is 7.92. The van der Waals surface area contributed by atoms with E-state index in [-0.39, 0.29) is 4.90 Å². The average molecular weight is 295 g/mol. The molecule has 0 aliphatic heterocycles. The van der Waals surface area contributed by atoms with Crippen molar-refractivity contribution >= 4 is 21.5 Å². The topological polar surface area (TPSA) is 71.1 Å². The van der Waals surface area contributed by atoms with Crippen molar-refractivity contribution in [1.82, 2.24) is 4.98 Å². The molecule has 2 N–H and O–H groups in total. The second-order valence-electron chi connectivity index (χ2n) is 4.19. The summed E-state index contributed by atoms with van der Waals surface area (Å²) in [6.07, 6.45) is 1.26. The fourth-order valence-corrected chi connectivity index (χ4v) is 2.71. The lowest BCUT2D eigenvalue weighted by atomic mass is 10.2. The highest BCUT2D eigenvalue weighted by atomic mass is 32.2. The molecule has 1 aromatic heterocycles. The van der Waals surface area contributed by atoms with Gasteiger partial charge in [0.15, 0.2) is 0 Å². The van der Waals surface area contributed by atoms with E-state index in [9.17, 15) is 12.8 Å². The normalized spacial score (nSPS) is 11.2. The van der Waals surface area contributed by atoms with Crippen LogP contribution in [0.1, 0.15) is 5.56 Å². The van der Waals surface area contributed by atoms with Crippen molar-refractivity contribution in [3.63, 3.8) is 0 Å². The van der Waals surface area contributed by atoms with Crippen LogP contribution in [0.3, 0.4) is 0 Å². The van der Waals surface area contributed by atoms with E-state index in [0.717, 1.165) is 0 Å². The van der Waals surface area contributed by atoms with E-state index in [1.807, 2.05) is 0 Å². The molecule has 0 atom stereocenters. The van der Waals surface area contributed by atoms with Crippen LogP contribution in [0.2, 0.25) is 0 Å². The van der Waals surface area contributed by atoms with Crippen LogP contribution in [-0.4, -0.2) is 20.4 Å². The van der Waals surface area contributed by atoms with Crippen LogP contribution < -0.4 is 10.0 Å². The van der Waals surface area contributed by atoms with E-state index in [0.29, 0.717) is 17.1 Å². The lowest BCUT2D eigenvalue weighted by Gasteiger charge is -2.10. The fraction of sp³-hybridized carbons (Fsp3) is 0.154. The van der Waals surface area contributed by atoms with E-state index < -0.39 is 15.8 Å². The van der Waals surface area contributed by atoms with E-state index in [2.05, 4.69) is 15.0 Å². The van der Waals surface area contributed by atoms with Crippen molar-refractivity contribution in [2.75, 3.05) is 17.1 Å². The Morgan fingerprint density at radius 1 is 1.20 bits per heavy atom. The first kappa shape index (κ1) is 14.3. The first-order chi connectivity index (χ1) is 9.42. The maximum Gasteiger partial charge on any atom is 0.263 e. The van der Waals surface area contributed by atoms with Gasteiger partial charge in [0.1, 0.15) is 16.5 Å². The van der Waals surface area contributed by atoms with Gasteiger partial charge in [-0.1, -0.05) is 0 Å². The Labute approximate surface area is 116 Å². The first-order valence-corrected chi connectivity index (χ1v) is 7.33. The van der Waals surface area contributed by atoms with Gasteiger partial charge in [-0.2, -0.15) is 0 Å². The highest BCUT2D eigenvalue weighted by Crippen LogP contribution is 2.20. The smallest absolute Gasteiger partial charge is 0.263 e. The summed E-state index contributed by atoms with van der Waals surface area (Å²) in [4.78, 5) is 3.99. The van der Waals surface area contributed by atoms with Crippen molar-refractivity contribution in [2.45, 2.75) is 11.8 Å². The van der Waals surface area contributed by atoms with Gasteiger partial charge in [-0.3, -0.25) is 4.72 Å². The molecule has 0 saturated carbocycles. The zero-order chi connectivity index (χ0) is 14.8. The molecule has 0 bridgehead atoms. The number of hydrogen-bond acceptors (Lipinski definition) is 4. The number of anilines is 2. The van der Waals surface area contributed by atoms with Crippen LogP contribution in [0.15, 0.2) is 41.4 Å². The van der Waals surface area contributed by atoms with Gasteiger partial charge in [0.25, 0.3) is 10.0 Å². The lowest BCUT2D eigenvalue weighted by Crippen LogP contribution is -2.14. The standard InChI is InChI=1S/C13H14FN3O2S/c1-9-7-10(14)3-5-12(9)17-20(18,19)11-4-6-13(15-2)16-8-11/h3-8,17H,1-2H3,(H,15,16). The van der Waals surface area contributed by atoms with Crippen LogP contribution in [0.25, 0.3) is 0 Å². The molecule has 0 radical (unpaired) electrons. The largest absolute Gasteiger partial charge is 0.373 e. The molecule has 0 unspecified atom stereocenters. The number of aromatic nitrogens is 1. The Bertz CT molecular complexity index is 715. The molecule has 20 heavy (non-hydrogen) atoms. The van der Waals surface area contributed by atoms with Crippen LogP contribution in [-0.2, 0) is 10.0 Å². The second-order valence-corrected chi connectivity index (χ2v) is 5.88. The van der Waals surface area contributed by atoms with Gasteiger partial charge in [0, 0.05) is 13.2 Å². The number of hydrogen-bond donors (Lipinski definition) is 2. The monoisotopic (exact) mass is 295 g/mol. The van der Waals surface area contributed by atoms with Gasteiger partial charge in [0.2, 0.25) is 0 Å². The van der Waals surface area contributed by atoms with E-state index >= 15 is 0 Å². The van der Waals surface area contributed by atoms with Crippen molar-refractivity contribution in [3.05, 3.63) is 47.9 Å². The number of halogens is 1. The third-order valence-corrected chi connectivity index (χ3v) is 4.09. The Morgan fingerprint density at radius 2 is 1.95 bits per heavy atom. The molecule has 2 rings (SSSR count). The van der Waals surface area contributed by atoms with Crippen molar-refractivity contribution < 1.29 is 12.8 Å². The molecular weight excluding hydrogens is 281 g/mol. The van der Waals surface area contributed by atoms with Crippen molar-refractivity contribution in [2.24, 2.45) is 0 Å². The number of benzene rings is 1. The van der Waals surface area contributed by atoms with Crippen LogP contribution >= 0.6 is 0 Å². The quantitative estimate of drug-likeness (QED) is 0.908. The number of sulfonamides is 1. The summed E-state index contributed by atoms with van der Waals surface area (Å²) in [6.45, 7) is 1.63. The number of pyridine rings is 1. The number of nitrogens with zero attached hydrogens (tertiary/aromatic N) is 1. The summed E-state index contributed by atoms with van der Waals surface area (Å²) in [5.74, 6) is 0.160. The minimum absolute atomic E-state index is 0.0419. The fourth-order valence-electron chi connectivity index (χ4n) is 1.63. The van der Waals surface area contributed by atoms with Gasteiger partial charge in [-0.05, 0) is 42.8 Å². The molecule has 0 amide bonds. The van der Waals surface area contributed by atoms with Gasteiger partial charge < -0.3 is 5.32 Å². The molecule has 0 spiro atoms. The molecule has 106 valence electrons. The van der Waals surface area contributed by atoms with Crippen LogP contribution in [0.5, 0.6) is 0 Å². The highest BCUT2D eigenvalue weighted by Gasteiger charge is 2.15. The number of nitrogens with one attached hydrogen (secondary N) is 2.